The molecule has 2 aromatic rings. The third-order valence-corrected chi connectivity index (χ3v) is 3.10. The maximum Gasteiger partial charge on any atom is 0.228 e. The van der Waals surface area contributed by atoms with Crippen LogP contribution >= 0.6 is 0 Å². The predicted molar refractivity (Wildman–Crippen MR) is 88.3 cm³/mol. The molecule has 0 aliphatic carbocycles. The van der Waals surface area contributed by atoms with E-state index in [1.807, 2.05) is 32.9 Å². The van der Waals surface area contributed by atoms with E-state index in [0.29, 0.717) is 6.61 Å². The lowest BCUT2D eigenvalue weighted by atomic mass is 10.1. The van der Waals surface area contributed by atoms with Gasteiger partial charge in [0.05, 0.1) is 6.04 Å². The summed E-state index contributed by atoms with van der Waals surface area (Å²) < 4.78 is 19.1. The summed E-state index contributed by atoms with van der Waals surface area (Å²) in [5.41, 5.74) is 7.86. The van der Waals surface area contributed by atoms with Crippen LogP contribution in [0.2, 0.25) is 0 Å². The Hall–Kier alpha value is -2.44. The first-order valence-corrected chi connectivity index (χ1v) is 7.46. The molecule has 6 nitrogen and oxygen atoms in total. The number of ether oxygens (including phenoxy) is 1. The number of hydrogen-bond acceptors (Lipinski definition) is 6. The first kappa shape index (κ1) is 16.9. The minimum Gasteiger partial charge on any atom is -0.491 e. The SMILES string of the molecule is Cc1cc(C)cc(OCC(C)Nc2nc(N)nc(C(C)F)n2)c1. The largest absolute Gasteiger partial charge is 0.491 e. The van der Waals surface area contributed by atoms with Gasteiger partial charge in [0.25, 0.3) is 0 Å². The third kappa shape index (κ3) is 5.05. The molecule has 0 amide bonds. The van der Waals surface area contributed by atoms with Crippen LogP contribution in [-0.4, -0.2) is 27.6 Å². The van der Waals surface area contributed by atoms with Crippen molar-refractivity contribution < 1.29 is 9.13 Å². The summed E-state index contributed by atoms with van der Waals surface area (Å²) in [6.45, 7) is 7.73. The van der Waals surface area contributed by atoms with Crippen LogP contribution in [0.4, 0.5) is 16.3 Å². The molecule has 7 heteroatoms. The number of nitrogen functional groups attached to an aromatic ring is 1. The summed E-state index contributed by atoms with van der Waals surface area (Å²) in [7, 11) is 0. The average Bonchev–Trinajstić information content (AvgIpc) is 2.43. The summed E-state index contributed by atoms with van der Waals surface area (Å²) in [4.78, 5) is 11.7. The second-order valence-electron chi connectivity index (χ2n) is 5.67. The number of anilines is 2. The highest BCUT2D eigenvalue weighted by molar-refractivity contribution is 5.34. The van der Waals surface area contributed by atoms with Crippen molar-refractivity contribution in [2.24, 2.45) is 0 Å². The Bertz CT molecular complexity index is 657. The molecule has 0 saturated carbocycles. The highest BCUT2D eigenvalue weighted by Gasteiger charge is 2.12. The molecule has 0 bridgehead atoms. The van der Waals surface area contributed by atoms with Crippen molar-refractivity contribution in [3.63, 3.8) is 0 Å². The van der Waals surface area contributed by atoms with Crippen LogP contribution in [0.3, 0.4) is 0 Å². The molecule has 2 rings (SSSR count). The first-order valence-electron chi connectivity index (χ1n) is 7.46. The molecular weight excluding hydrogens is 297 g/mol. The molecule has 0 aliphatic rings. The van der Waals surface area contributed by atoms with Crippen LogP contribution in [0.1, 0.15) is 37.0 Å². The predicted octanol–water partition coefficient (Wildman–Crippen LogP) is 2.98. The lowest BCUT2D eigenvalue weighted by Gasteiger charge is -2.16. The van der Waals surface area contributed by atoms with Gasteiger partial charge in [-0.15, -0.1) is 0 Å². The molecule has 0 radical (unpaired) electrons. The second kappa shape index (κ2) is 7.21. The summed E-state index contributed by atoms with van der Waals surface area (Å²) in [5.74, 6) is 1.06. The maximum absolute atomic E-state index is 13.3. The Morgan fingerprint density at radius 3 is 2.39 bits per heavy atom. The van der Waals surface area contributed by atoms with E-state index in [2.05, 4.69) is 26.3 Å². The number of aryl methyl sites for hydroxylation is 2. The molecule has 1 aromatic carbocycles. The van der Waals surface area contributed by atoms with Crippen LogP contribution in [0, 0.1) is 13.8 Å². The number of halogens is 1. The lowest BCUT2D eigenvalue weighted by molar-refractivity contribution is 0.303. The number of nitrogens with one attached hydrogen (secondary N) is 1. The van der Waals surface area contributed by atoms with E-state index in [4.69, 9.17) is 10.5 Å². The Morgan fingerprint density at radius 2 is 1.78 bits per heavy atom. The zero-order valence-corrected chi connectivity index (χ0v) is 13.8. The van der Waals surface area contributed by atoms with E-state index in [0.717, 1.165) is 16.9 Å². The van der Waals surface area contributed by atoms with Crippen LogP contribution in [0.5, 0.6) is 5.75 Å². The van der Waals surface area contributed by atoms with Gasteiger partial charge in [0.15, 0.2) is 12.0 Å². The fraction of sp³-hybridized carbons (Fsp3) is 0.438. The second-order valence-corrected chi connectivity index (χ2v) is 5.67. The van der Waals surface area contributed by atoms with Gasteiger partial charge in [-0.2, -0.15) is 15.0 Å². The maximum atomic E-state index is 13.3. The number of nitrogens with two attached hydrogens (primary N) is 1. The van der Waals surface area contributed by atoms with Crippen molar-refractivity contribution in [2.45, 2.75) is 39.9 Å². The standard InChI is InChI=1S/C16H22FN5O/c1-9-5-10(2)7-13(6-9)23-8-11(3)19-16-21-14(12(4)17)20-15(18)22-16/h5-7,11-12H,8H2,1-4H3,(H3,18,19,20,21,22). The van der Waals surface area contributed by atoms with Crippen LogP contribution in [0.25, 0.3) is 0 Å². The number of benzene rings is 1. The summed E-state index contributed by atoms with van der Waals surface area (Å²) >= 11 is 0. The number of hydrogen-bond donors (Lipinski definition) is 2. The van der Waals surface area contributed by atoms with Gasteiger partial charge < -0.3 is 15.8 Å². The molecule has 0 aliphatic heterocycles. The molecule has 3 N–H and O–H groups in total. The van der Waals surface area contributed by atoms with Crippen LogP contribution < -0.4 is 15.8 Å². The highest BCUT2D eigenvalue weighted by atomic mass is 19.1. The topological polar surface area (TPSA) is 86.0 Å². The third-order valence-electron chi connectivity index (χ3n) is 3.10. The van der Waals surface area contributed by atoms with Crippen molar-refractivity contribution in [3.05, 3.63) is 35.2 Å². The first-order chi connectivity index (χ1) is 10.8. The van der Waals surface area contributed by atoms with Gasteiger partial charge in [-0.25, -0.2) is 4.39 Å². The molecule has 124 valence electrons. The zero-order valence-electron chi connectivity index (χ0n) is 13.8. The molecule has 1 heterocycles. The van der Waals surface area contributed by atoms with Gasteiger partial charge in [-0.1, -0.05) is 6.07 Å². The number of rotatable bonds is 6. The minimum absolute atomic E-state index is 0.00979. The Kier molecular flexibility index (Phi) is 5.31. The van der Waals surface area contributed by atoms with Gasteiger partial charge in [0.1, 0.15) is 12.4 Å². The van der Waals surface area contributed by atoms with E-state index in [1.54, 1.807) is 0 Å². The number of aromatic nitrogens is 3. The number of alkyl halides is 1. The molecule has 0 spiro atoms. The summed E-state index contributed by atoms with van der Waals surface area (Å²) in [5, 5.41) is 3.04. The fourth-order valence-corrected chi connectivity index (χ4v) is 2.15. The Morgan fingerprint density at radius 1 is 1.13 bits per heavy atom. The Balaban J connectivity index is 1.98. The van der Waals surface area contributed by atoms with Crippen molar-refractivity contribution in [3.8, 4) is 5.75 Å². The summed E-state index contributed by atoms with van der Waals surface area (Å²) in [6.07, 6.45) is -1.30. The fourth-order valence-electron chi connectivity index (χ4n) is 2.15. The van der Waals surface area contributed by atoms with Crippen molar-refractivity contribution in [2.75, 3.05) is 17.7 Å². The average molecular weight is 319 g/mol. The zero-order chi connectivity index (χ0) is 17.0. The van der Waals surface area contributed by atoms with Crippen LogP contribution in [-0.2, 0) is 0 Å². The van der Waals surface area contributed by atoms with E-state index in [1.165, 1.54) is 6.92 Å². The monoisotopic (exact) mass is 319 g/mol. The highest BCUT2D eigenvalue weighted by Crippen LogP contribution is 2.17. The van der Waals surface area contributed by atoms with E-state index in [9.17, 15) is 4.39 Å². The summed E-state index contributed by atoms with van der Waals surface area (Å²) in [6, 6.07) is 5.95. The van der Waals surface area contributed by atoms with Crippen molar-refractivity contribution in [1.82, 2.24) is 15.0 Å². The van der Waals surface area contributed by atoms with E-state index in [-0.39, 0.29) is 23.8 Å². The molecule has 0 fully saturated rings. The van der Waals surface area contributed by atoms with Crippen molar-refractivity contribution in [1.29, 1.82) is 0 Å². The normalized spacial score (nSPS) is 13.4. The van der Waals surface area contributed by atoms with E-state index < -0.39 is 6.17 Å². The molecule has 1 aromatic heterocycles. The van der Waals surface area contributed by atoms with Gasteiger partial charge >= 0.3 is 0 Å². The van der Waals surface area contributed by atoms with Gasteiger partial charge in [0, 0.05) is 0 Å². The molecule has 2 unspecified atom stereocenters. The Labute approximate surface area is 135 Å². The van der Waals surface area contributed by atoms with Gasteiger partial charge in [-0.3, -0.25) is 0 Å². The smallest absolute Gasteiger partial charge is 0.228 e. The van der Waals surface area contributed by atoms with E-state index >= 15 is 0 Å². The lowest BCUT2D eigenvalue weighted by Crippen LogP contribution is -2.25. The number of nitrogens with zero attached hydrogens (tertiary/aromatic N) is 3. The van der Waals surface area contributed by atoms with Crippen LogP contribution in [0.15, 0.2) is 18.2 Å². The molecule has 23 heavy (non-hydrogen) atoms. The quantitative estimate of drug-likeness (QED) is 0.851. The van der Waals surface area contributed by atoms with Gasteiger partial charge in [-0.05, 0) is 51.0 Å². The minimum atomic E-state index is -1.30. The molecule has 0 saturated heterocycles. The molecule has 2 atom stereocenters. The molecular formula is C16H22FN5O. The van der Waals surface area contributed by atoms with Gasteiger partial charge in [0.2, 0.25) is 11.9 Å². The van der Waals surface area contributed by atoms with Crippen molar-refractivity contribution >= 4 is 11.9 Å².